The van der Waals surface area contributed by atoms with Crippen LogP contribution >= 0.6 is 0 Å². The van der Waals surface area contributed by atoms with Crippen molar-refractivity contribution in [2.24, 2.45) is 0 Å². The molecule has 1 aromatic rings. The predicted molar refractivity (Wildman–Crippen MR) is 49.3 cm³/mol. The third kappa shape index (κ3) is 2.71. The number of rotatable bonds is 1. The van der Waals surface area contributed by atoms with Gasteiger partial charge < -0.3 is 0 Å². The summed E-state index contributed by atoms with van der Waals surface area (Å²) in [6.45, 7) is 1.29. The van der Waals surface area contributed by atoms with Crippen LogP contribution in [0.15, 0.2) is 23.1 Å². The van der Waals surface area contributed by atoms with Crippen LogP contribution in [0.2, 0.25) is 0 Å². The predicted octanol–water partition coefficient (Wildman–Crippen LogP) is 2.42. The van der Waals surface area contributed by atoms with Gasteiger partial charge in [-0.2, -0.15) is 13.2 Å². The Kier molecular flexibility index (Phi) is 2.82. The van der Waals surface area contributed by atoms with E-state index in [9.17, 15) is 21.6 Å². The van der Waals surface area contributed by atoms with Gasteiger partial charge in [0.2, 0.25) is 0 Å². The zero-order valence-corrected chi connectivity index (χ0v) is 8.91. The molecule has 0 aromatic heterocycles. The van der Waals surface area contributed by atoms with Crippen molar-refractivity contribution in [3.63, 3.8) is 0 Å². The highest BCUT2D eigenvalue weighted by atomic mass is 32.2. The number of hydrogen-bond acceptors (Lipinski definition) is 2. The number of benzene rings is 1. The summed E-state index contributed by atoms with van der Waals surface area (Å²) in [6.07, 6.45) is -3.65. The minimum Gasteiger partial charge on any atom is -0.224 e. The molecule has 0 saturated heterocycles. The number of hydrogen-bond donors (Lipinski definition) is 0. The van der Waals surface area contributed by atoms with E-state index in [0.717, 1.165) is 12.3 Å². The van der Waals surface area contributed by atoms with Crippen LogP contribution in [0.3, 0.4) is 0 Å². The smallest absolute Gasteiger partial charge is 0.224 e. The molecule has 15 heavy (non-hydrogen) atoms. The van der Waals surface area contributed by atoms with Gasteiger partial charge in [0.05, 0.1) is 10.5 Å². The molecule has 1 aromatic carbocycles. The van der Waals surface area contributed by atoms with Gasteiger partial charge >= 0.3 is 6.18 Å². The Balaban J connectivity index is 3.43. The second-order valence-electron chi connectivity index (χ2n) is 3.25. The Morgan fingerprint density at radius 1 is 1.20 bits per heavy atom. The Hall–Kier alpha value is -1.04. The fraction of sp³-hybridized carbons (Fsp3) is 0.333. The van der Waals surface area contributed by atoms with Crippen LogP contribution in [0.1, 0.15) is 11.1 Å². The number of halogens is 3. The fourth-order valence-corrected chi connectivity index (χ4v) is 1.78. The molecule has 0 radical (unpaired) electrons. The molecular formula is C9H9F3O2S. The summed E-state index contributed by atoms with van der Waals surface area (Å²) in [7, 11) is -3.60. The highest BCUT2D eigenvalue weighted by Crippen LogP contribution is 2.33. The molecule has 0 aliphatic heterocycles. The highest BCUT2D eigenvalue weighted by molar-refractivity contribution is 7.90. The summed E-state index contributed by atoms with van der Waals surface area (Å²) in [6, 6.07) is 2.98. The maximum atomic E-state index is 12.4. The maximum absolute atomic E-state index is 12.4. The van der Waals surface area contributed by atoms with Crippen molar-refractivity contribution in [1.82, 2.24) is 0 Å². The van der Waals surface area contributed by atoms with E-state index in [1.54, 1.807) is 0 Å². The van der Waals surface area contributed by atoms with Gasteiger partial charge in [0.25, 0.3) is 0 Å². The number of alkyl halides is 3. The summed E-state index contributed by atoms with van der Waals surface area (Å²) in [5, 5.41) is 0. The van der Waals surface area contributed by atoms with Crippen LogP contribution in [0, 0.1) is 6.92 Å². The monoisotopic (exact) mass is 238 g/mol. The molecule has 0 N–H and O–H groups in total. The quantitative estimate of drug-likeness (QED) is 0.753. The second kappa shape index (κ2) is 3.52. The van der Waals surface area contributed by atoms with Gasteiger partial charge in [0.15, 0.2) is 9.84 Å². The lowest BCUT2D eigenvalue weighted by Gasteiger charge is -2.11. The van der Waals surface area contributed by atoms with Gasteiger partial charge in [0, 0.05) is 6.26 Å². The molecule has 0 unspecified atom stereocenters. The van der Waals surface area contributed by atoms with Gasteiger partial charge in [-0.05, 0) is 24.6 Å². The molecule has 0 bridgehead atoms. The molecule has 0 heterocycles. The first kappa shape index (κ1) is 12.0. The lowest BCUT2D eigenvalue weighted by molar-refractivity contribution is -0.138. The first-order chi connectivity index (χ1) is 6.62. The summed E-state index contributed by atoms with van der Waals surface area (Å²) in [5.41, 5.74) is -0.902. The molecular weight excluding hydrogens is 229 g/mol. The van der Waals surface area contributed by atoms with E-state index >= 15 is 0 Å². The van der Waals surface area contributed by atoms with Crippen LogP contribution in [0.5, 0.6) is 0 Å². The average molecular weight is 238 g/mol. The van der Waals surface area contributed by atoms with Gasteiger partial charge in [0.1, 0.15) is 0 Å². The zero-order chi connectivity index (χ0) is 11.9. The molecule has 0 amide bonds. The van der Waals surface area contributed by atoms with Crippen molar-refractivity contribution in [2.45, 2.75) is 18.0 Å². The molecule has 0 saturated carbocycles. The molecule has 0 aliphatic rings. The van der Waals surface area contributed by atoms with Crippen molar-refractivity contribution in [2.75, 3.05) is 6.26 Å². The highest BCUT2D eigenvalue weighted by Gasteiger charge is 2.33. The summed E-state index contributed by atoms with van der Waals surface area (Å²) in [4.78, 5) is -0.319. The van der Waals surface area contributed by atoms with Crippen molar-refractivity contribution in [3.8, 4) is 0 Å². The van der Waals surface area contributed by atoms with Gasteiger partial charge in [-0.15, -0.1) is 0 Å². The molecule has 84 valence electrons. The second-order valence-corrected chi connectivity index (χ2v) is 5.26. The van der Waals surface area contributed by atoms with E-state index in [-0.39, 0.29) is 10.5 Å². The first-order valence-corrected chi connectivity index (χ1v) is 5.89. The molecule has 0 spiro atoms. The summed E-state index contributed by atoms with van der Waals surface area (Å²) >= 11 is 0. The SMILES string of the molecule is Cc1ccc(S(C)(=O)=O)cc1C(F)(F)F. The molecule has 2 nitrogen and oxygen atoms in total. The van der Waals surface area contributed by atoms with E-state index < -0.39 is 21.6 Å². The molecule has 6 heteroatoms. The van der Waals surface area contributed by atoms with E-state index in [0.29, 0.717) is 6.07 Å². The summed E-state index contributed by atoms with van der Waals surface area (Å²) < 4.78 is 59.4. The standard InChI is InChI=1S/C9H9F3O2S/c1-6-3-4-7(15(2,13)14)5-8(6)9(10,11)12/h3-5H,1-2H3. The van der Waals surface area contributed by atoms with Gasteiger partial charge in [-0.3, -0.25) is 0 Å². The van der Waals surface area contributed by atoms with Crippen LogP contribution < -0.4 is 0 Å². The maximum Gasteiger partial charge on any atom is 0.416 e. The van der Waals surface area contributed by atoms with Crippen LogP contribution in [0.4, 0.5) is 13.2 Å². The zero-order valence-electron chi connectivity index (χ0n) is 8.09. The minimum absolute atomic E-state index is 0.00917. The van der Waals surface area contributed by atoms with E-state index in [1.165, 1.54) is 13.0 Å². The Morgan fingerprint density at radius 3 is 2.13 bits per heavy atom. The van der Waals surface area contributed by atoms with Crippen LogP contribution in [0.25, 0.3) is 0 Å². The van der Waals surface area contributed by atoms with Crippen LogP contribution in [-0.2, 0) is 16.0 Å². The van der Waals surface area contributed by atoms with Crippen LogP contribution in [-0.4, -0.2) is 14.7 Å². The first-order valence-electron chi connectivity index (χ1n) is 4.00. The largest absolute Gasteiger partial charge is 0.416 e. The Labute approximate surface area is 85.6 Å². The normalized spacial score (nSPS) is 12.9. The number of sulfone groups is 1. The Morgan fingerprint density at radius 2 is 1.73 bits per heavy atom. The topological polar surface area (TPSA) is 34.1 Å². The van der Waals surface area contributed by atoms with Crippen molar-refractivity contribution in [1.29, 1.82) is 0 Å². The minimum atomic E-state index is -4.52. The summed E-state index contributed by atoms with van der Waals surface area (Å²) in [5.74, 6) is 0. The molecule has 1 rings (SSSR count). The average Bonchev–Trinajstić information content (AvgIpc) is 2.00. The number of aryl methyl sites for hydroxylation is 1. The third-order valence-corrected chi connectivity index (χ3v) is 3.05. The van der Waals surface area contributed by atoms with Gasteiger partial charge in [-0.25, -0.2) is 8.42 Å². The third-order valence-electron chi connectivity index (χ3n) is 1.94. The lowest BCUT2D eigenvalue weighted by atomic mass is 10.1. The van der Waals surface area contributed by atoms with E-state index in [2.05, 4.69) is 0 Å². The molecule has 0 fully saturated rings. The van der Waals surface area contributed by atoms with Crippen molar-refractivity contribution >= 4 is 9.84 Å². The van der Waals surface area contributed by atoms with Crippen molar-refractivity contribution in [3.05, 3.63) is 29.3 Å². The lowest BCUT2D eigenvalue weighted by Crippen LogP contribution is -2.09. The Bertz CT molecular complexity index is 475. The van der Waals surface area contributed by atoms with Crippen molar-refractivity contribution < 1.29 is 21.6 Å². The van der Waals surface area contributed by atoms with E-state index in [1.807, 2.05) is 0 Å². The molecule has 0 atom stereocenters. The van der Waals surface area contributed by atoms with Gasteiger partial charge in [-0.1, -0.05) is 6.07 Å². The van der Waals surface area contributed by atoms with E-state index in [4.69, 9.17) is 0 Å². The fourth-order valence-electron chi connectivity index (χ4n) is 1.14. The molecule has 0 aliphatic carbocycles.